The van der Waals surface area contributed by atoms with Crippen molar-refractivity contribution in [1.82, 2.24) is 0 Å². The Bertz CT molecular complexity index is 1280. The van der Waals surface area contributed by atoms with E-state index < -0.39 is 5.91 Å². The number of methoxy groups -OCH3 is 1. The second-order valence-corrected chi connectivity index (χ2v) is 8.68. The topological polar surface area (TPSA) is 80.6 Å². The first-order chi connectivity index (χ1) is 16.8. The van der Waals surface area contributed by atoms with Crippen molar-refractivity contribution in [3.05, 3.63) is 86.9 Å². The standard InChI is InChI=1S/C28H27BrN2O4/c1-5-34-26-15-21(13-22(16-30)28(32)31-23-8-10-24(33-4)11-9-23)14-25(29)27(26)35-17-20-7-6-18(2)19(3)12-20/h6-15H,5,17H2,1-4H3,(H,31,32)/b22-13+. The lowest BCUT2D eigenvalue weighted by molar-refractivity contribution is -0.112. The minimum Gasteiger partial charge on any atom is -0.497 e. The highest BCUT2D eigenvalue weighted by Crippen LogP contribution is 2.38. The number of rotatable bonds is 9. The molecule has 0 saturated heterocycles. The molecule has 0 aliphatic heterocycles. The molecule has 0 spiro atoms. The molecule has 1 N–H and O–H groups in total. The monoisotopic (exact) mass is 534 g/mol. The number of nitrogens with zero attached hydrogens (tertiary/aromatic N) is 1. The van der Waals surface area contributed by atoms with E-state index in [0.717, 1.165) is 5.56 Å². The largest absolute Gasteiger partial charge is 0.497 e. The summed E-state index contributed by atoms with van der Waals surface area (Å²) >= 11 is 3.55. The summed E-state index contributed by atoms with van der Waals surface area (Å²) in [7, 11) is 1.57. The summed E-state index contributed by atoms with van der Waals surface area (Å²) in [5.41, 5.74) is 4.62. The van der Waals surface area contributed by atoms with Crippen LogP contribution in [0.15, 0.2) is 64.6 Å². The number of carbonyl (C=O) groups excluding carboxylic acids is 1. The van der Waals surface area contributed by atoms with Gasteiger partial charge in [-0.2, -0.15) is 5.26 Å². The van der Waals surface area contributed by atoms with Gasteiger partial charge in [0.2, 0.25) is 0 Å². The van der Waals surface area contributed by atoms with E-state index in [-0.39, 0.29) is 5.57 Å². The van der Waals surface area contributed by atoms with Crippen LogP contribution in [-0.4, -0.2) is 19.6 Å². The maximum atomic E-state index is 12.7. The molecule has 0 aromatic heterocycles. The maximum absolute atomic E-state index is 12.7. The fraction of sp³-hybridized carbons (Fsp3) is 0.214. The van der Waals surface area contributed by atoms with Gasteiger partial charge in [0, 0.05) is 5.69 Å². The molecule has 0 fully saturated rings. The molecular weight excluding hydrogens is 508 g/mol. The zero-order valence-electron chi connectivity index (χ0n) is 20.1. The number of hydrogen-bond donors (Lipinski definition) is 1. The van der Waals surface area contributed by atoms with E-state index in [1.807, 2.05) is 19.1 Å². The molecular formula is C28H27BrN2O4. The van der Waals surface area contributed by atoms with Gasteiger partial charge in [-0.05, 0) is 101 Å². The molecule has 0 heterocycles. The van der Waals surface area contributed by atoms with Crippen molar-refractivity contribution >= 4 is 33.6 Å². The third-order valence-electron chi connectivity index (χ3n) is 5.31. The molecule has 1 amide bonds. The number of halogens is 1. The molecule has 3 aromatic carbocycles. The van der Waals surface area contributed by atoms with Crippen LogP contribution in [-0.2, 0) is 11.4 Å². The van der Waals surface area contributed by atoms with Gasteiger partial charge in [0.25, 0.3) is 5.91 Å². The van der Waals surface area contributed by atoms with Gasteiger partial charge < -0.3 is 19.5 Å². The number of anilines is 1. The molecule has 3 aromatic rings. The molecule has 0 radical (unpaired) electrons. The first kappa shape index (κ1) is 25.9. The Morgan fingerprint density at radius 2 is 1.80 bits per heavy atom. The van der Waals surface area contributed by atoms with E-state index in [0.29, 0.717) is 46.2 Å². The number of nitrogens with one attached hydrogen (secondary N) is 1. The van der Waals surface area contributed by atoms with Crippen molar-refractivity contribution in [2.75, 3.05) is 19.0 Å². The van der Waals surface area contributed by atoms with Crippen LogP contribution in [0.3, 0.4) is 0 Å². The molecule has 35 heavy (non-hydrogen) atoms. The third-order valence-corrected chi connectivity index (χ3v) is 5.90. The molecule has 180 valence electrons. The fourth-order valence-electron chi connectivity index (χ4n) is 3.31. The van der Waals surface area contributed by atoms with Crippen molar-refractivity contribution in [3.63, 3.8) is 0 Å². The lowest BCUT2D eigenvalue weighted by atomic mass is 10.1. The Balaban J connectivity index is 1.82. The van der Waals surface area contributed by atoms with Crippen LogP contribution in [0.5, 0.6) is 17.2 Å². The Kier molecular flexibility index (Phi) is 8.93. The van der Waals surface area contributed by atoms with Gasteiger partial charge in [0.1, 0.15) is 24.0 Å². The van der Waals surface area contributed by atoms with Crippen LogP contribution >= 0.6 is 15.9 Å². The van der Waals surface area contributed by atoms with Crippen LogP contribution in [0.4, 0.5) is 5.69 Å². The molecule has 0 bridgehead atoms. The highest BCUT2D eigenvalue weighted by Gasteiger charge is 2.15. The zero-order valence-corrected chi connectivity index (χ0v) is 21.7. The summed E-state index contributed by atoms with van der Waals surface area (Å²) in [5, 5.41) is 12.3. The molecule has 0 aliphatic carbocycles. The highest BCUT2D eigenvalue weighted by molar-refractivity contribution is 9.10. The summed E-state index contributed by atoms with van der Waals surface area (Å²) < 4.78 is 17.7. The predicted molar refractivity (Wildman–Crippen MR) is 141 cm³/mol. The van der Waals surface area contributed by atoms with Gasteiger partial charge in [-0.1, -0.05) is 18.2 Å². The molecule has 0 saturated carbocycles. The number of ether oxygens (including phenoxy) is 3. The van der Waals surface area contributed by atoms with Gasteiger partial charge in [-0.3, -0.25) is 4.79 Å². The second-order valence-electron chi connectivity index (χ2n) is 7.82. The molecule has 0 unspecified atom stereocenters. The smallest absolute Gasteiger partial charge is 0.266 e. The molecule has 6 nitrogen and oxygen atoms in total. The van der Waals surface area contributed by atoms with Crippen LogP contribution in [0.2, 0.25) is 0 Å². The number of aryl methyl sites for hydroxylation is 2. The molecule has 7 heteroatoms. The van der Waals surface area contributed by atoms with Gasteiger partial charge in [-0.15, -0.1) is 0 Å². The number of hydrogen-bond acceptors (Lipinski definition) is 5. The van der Waals surface area contributed by atoms with Crippen LogP contribution in [0, 0.1) is 25.2 Å². The predicted octanol–water partition coefficient (Wildman–Crippen LogP) is 6.60. The van der Waals surface area contributed by atoms with Crippen LogP contribution < -0.4 is 19.5 Å². The quantitative estimate of drug-likeness (QED) is 0.247. The van der Waals surface area contributed by atoms with Gasteiger partial charge in [0.05, 0.1) is 18.2 Å². The van der Waals surface area contributed by atoms with E-state index in [1.165, 1.54) is 17.2 Å². The van der Waals surface area contributed by atoms with Crippen molar-refractivity contribution in [3.8, 4) is 23.3 Å². The van der Waals surface area contributed by atoms with Crippen LogP contribution in [0.1, 0.15) is 29.2 Å². The number of benzene rings is 3. The molecule has 3 rings (SSSR count). The maximum Gasteiger partial charge on any atom is 0.266 e. The van der Waals surface area contributed by atoms with E-state index in [1.54, 1.807) is 43.5 Å². The van der Waals surface area contributed by atoms with Gasteiger partial charge >= 0.3 is 0 Å². The first-order valence-corrected chi connectivity index (χ1v) is 11.9. The van der Waals surface area contributed by atoms with Crippen LogP contribution in [0.25, 0.3) is 6.08 Å². The average molecular weight is 535 g/mol. The Labute approximate surface area is 214 Å². The van der Waals surface area contributed by atoms with Crippen molar-refractivity contribution < 1.29 is 19.0 Å². The highest BCUT2D eigenvalue weighted by atomic mass is 79.9. The summed E-state index contributed by atoms with van der Waals surface area (Å²) in [6.45, 7) is 6.83. The lowest BCUT2D eigenvalue weighted by Gasteiger charge is -2.15. The average Bonchev–Trinajstić information content (AvgIpc) is 2.84. The number of nitriles is 1. The summed E-state index contributed by atoms with van der Waals surface area (Å²) in [5.74, 6) is 1.24. The lowest BCUT2D eigenvalue weighted by Crippen LogP contribution is -2.13. The first-order valence-electron chi connectivity index (χ1n) is 11.1. The minimum atomic E-state index is -0.512. The summed E-state index contributed by atoms with van der Waals surface area (Å²) in [4.78, 5) is 12.7. The van der Waals surface area contributed by atoms with E-state index in [4.69, 9.17) is 14.2 Å². The van der Waals surface area contributed by atoms with Crippen molar-refractivity contribution in [2.45, 2.75) is 27.4 Å². The normalized spacial score (nSPS) is 10.9. The van der Waals surface area contributed by atoms with Crippen molar-refractivity contribution in [2.24, 2.45) is 0 Å². The van der Waals surface area contributed by atoms with E-state index in [2.05, 4.69) is 47.2 Å². The van der Waals surface area contributed by atoms with E-state index in [9.17, 15) is 10.1 Å². The zero-order chi connectivity index (χ0) is 25.4. The fourth-order valence-corrected chi connectivity index (χ4v) is 3.89. The minimum absolute atomic E-state index is 0.0426. The Hall–Kier alpha value is -3.76. The third kappa shape index (κ3) is 6.87. The number of amides is 1. The van der Waals surface area contributed by atoms with Gasteiger partial charge in [0.15, 0.2) is 11.5 Å². The SMILES string of the molecule is CCOc1cc(/C=C(\C#N)C(=O)Nc2ccc(OC)cc2)cc(Br)c1OCc1ccc(C)c(C)c1. The summed E-state index contributed by atoms with van der Waals surface area (Å²) in [6, 6.07) is 18.6. The summed E-state index contributed by atoms with van der Waals surface area (Å²) in [6.07, 6.45) is 1.51. The second kappa shape index (κ2) is 12.1. The van der Waals surface area contributed by atoms with Gasteiger partial charge in [-0.25, -0.2) is 0 Å². The number of carbonyl (C=O) groups is 1. The van der Waals surface area contributed by atoms with Crippen molar-refractivity contribution in [1.29, 1.82) is 5.26 Å². The molecule has 0 atom stereocenters. The Morgan fingerprint density at radius 3 is 2.43 bits per heavy atom. The Morgan fingerprint density at radius 1 is 1.06 bits per heavy atom. The van der Waals surface area contributed by atoms with E-state index >= 15 is 0 Å². The molecule has 0 aliphatic rings.